The first kappa shape index (κ1) is 22.5. The molecule has 1 amide bonds. The molecule has 2 aromatic carbocycles. The number of carbonyl (C=O) groups excluding carboxylic acids is 1. The van der Waals surface area contributed by atoms with Crippen molar-refractivity contribution in [3.63, 3.8) is 0 Å². The molecule has 10 heteroatoms. The zero-order valence-corrected chi connectivity index (χ0v) is 17.4. The standard InChI is InChI=1S/C23H20F3N3O4/c24-23(25,26)33-17-5-3-4-16(12-17)8-9-21(30)29-10-11-31-18(13-29)14-32-22-19-6-1-2-7-20(19)27-15-28-22/h1-9,12,15,18H,10-11,13-14H2/b9-8+. The van der Waals surface area contributed by atoms with E-state index in [0.717, 1.165) is 10.9 Å². The molecule has 0 spiro atoms. The van der Waals surface area contributed by atoms with Crippen LogP contribution < -0.4 is 9.47 Å². The van der Waals surface area contributed by atoms with Gasteiger partial charge in [-0.2, -0.15) is 0 Å². The Morgan fingerprint density at radius 1 is 1.18 bits per heavy atom. The Labute approximate surface area is 187 Å². The minimum Gasteiger partial charge on any atom is -0.474 e. The Morgan fingerprint density at radius 3 is 2.88 bits per heavy atom. The fraction of sp³-hybridized carbons (Fsp3) is 0.261. The van der Waals surface area contributed by atoms with Gasteiger partial charge in [-0.15, -0.1) is 13.2 Å². The number of halogens is 3. The molecular formula is C23H20F3N3O4. The normalized spacial score (nSPS) is 16.8. The average molecular weight is 459 g/mol. The van der Waals surface area contributed by atoms with Crippen LogP contribution in [-0.2, 0) is 9.53 Å². The lowest BCUT2D eigenvalue weighted by Gasteiger charge is -2.32. The van der Waals surface area contributed by atoms with Crippen molar-refractivity contribution in [1.29, 1.82) is 0 Å². The van der Waals surface area contributed by atoms with E-state index in [2.05, 4.69) is 14.7 Å². The monoisotopic (exact) mass is 459 g/mol. The SMILES string of the molecule is O=C(/C=C/c1cccc(OC(F)(F)F)c1)N1CCOC(COc2ncnc3ccccc23)C1. The number of morpholine rings is 1. The summed E-state index contributed by atoms with van der Waals surface area (Å²) in [7, 11) is 0. The molecule has 1 unspecified atom stereocenters. The molecule has 2 heterocycles. The van der Waals surface area contributed by atoms with E-state index in [1.807, 2.05) is 24.3 Å². The van der Waals surface area contributed by atoms with Gasteiger partial charge >= 0.3 is 6.36 Å². The van der Waals surface area contributed by atoms with Crippen LogP contribution in [-0.4, -0.2) is 59.5 Å². The quantitative estimate of drug-likeness (QED) is 0.522. The van der Waals surface area contributed by atoms with Gasteiger partial charge < -0.3 is 19.1 Å². The van der Waals surface area contributed by atoms with Crippen LogP contribution in [0.1, 0.15) is 5.56 Å². The van der Waals surface area contributed by atoms with Gasteiger partial charge in [-0.25, -0.2) is 9.97 Å². The van der Waals surface area contributed by atoms with Crippen molar-refractivity contribution in [3.05, 3.63) is 66.5 Å². The molecule has 4 rings (SSSR count). The van der Waals surface area contributed by atoms with Crippen molar-refractivity contribution in [2.24, 2.45) is 0 Å². The average Bonchev–Trinajstić information content (AvgIpc) is 2.80. The number of amides is 1. The van der Waals surface area contributed by atoms with Gasteiger partial charge in [-0.1, -0.05) is 24.3 Å². The Balaban J connectivity index is 1.34. The second kappa shape index (κ2) is 9.86. The van der Waals surface area contributed by atoms with Crippen molar-refractivity contribution >= 4 is 22.9 Å². The highest BCUT2D eigenvalue weighted by Crippen LogP contribution is 2.24. The Morgan fingerprint density at radius 2 is 2.03 bits per heavy atom. The predicted molar refractivity (Wildman–Crippen MR) is 114 cm³/mol. The third-order valence-electron chi connectivity index (χ3n) is 4.87. The molecule has 172 valence electrons. The van der Waals surface area contributed by atoms with Gasteiger partial charge in [-0.3, -0.25) is 4.79 Å². The fourth-order valence-corrected chi connectivity index (χ4v) is 3.38. The summed E-state index contributed by atoms with van der Waals surface area (Å²) in [4.78, 5) is 22.6. The van der Waals surface area contributed by atoms with E-state index >= 15 is 0 Å². The first-order valence-corrected chi connectivity index (χ1v) is 10.1. The second-order valence-corrected chi connectivity index (χ2v) is 7.24. The highest BCUT2D eigenvalue weighted by molar-refractivity contribution is 5.92. The van der Waals surface area contributed by atoms with E-state index in [-0.39, 0.29) is 24.4 Å². The summed E-state index contributed by atoms with van der Waals surface area (Å²) in [6.45, 7) is 1.25. The van der Waals surface area contributed by atoms with Crippen molar-refractivity contribution in [3.8, 4) is 11.6 Å². The number of fused-ring (bicyclic) bond motifs is 1. The highest BCUT2D eigenvalue weighted by Gasteiger charge is 2.31. The Hall–Kier alpha value is -3.66. The smallest absolute Gasteiger partial charge is 0.474 e. The molecule has 3 aromatic rings. The third kappa shape index (κ3) is 6.19. The number of carbonyl (C=O) groups is 1. The molecule has 0 saturated carbocycles. The number of hydrogen-bond donors (Lipinski definition) is 0. The van der Waals surface area contributed by atoms with Crippen LogP contribution in [0, 0.1) is 0 Å². The second-order valence-electron chi connectivity index (χ2n) is 7.24. The topological polar surface area (TPSA) is 73.8 Å². The van der Waals surface area contributed by atoms with Crippen LogP contribution in [0.3, 0.4) is 0 Å². The van der Waals surface area contributed by atoms with Gasteiger partial charge in [0.05, 0.1) is 24.1 Å². The summed E-state index contributed by atoms with van der Waals surface area (Å²) >= 11 is 0. The molecule has 1 saturated heterocycles. The highest BCUT2D eigenvalue weighted by atomic mass is 19.4. The number of hydrogen-bond acceptors (Lipinski definition) is 6. The molecule has 0 radical (unpaired) electrons. The number of alkyl halides is 3. The maximum Gasteiger partial charge on any atom is 0.573 e. The summed E-state index contributed by atoms with van der Waals surface area (Å²) in [6.07, 6.45) is -0.947. The fourth-order valence-electron chi connectivity index (χ4n) is 3.38. The first-order valence-electron chi connectivity index (χ1n) is 10.1. The zero-order chi connectivity index (χ0) is 23.3. The number of aromatic nitrogens is 2. The van der Waals surface area contributed by atoms with Crippen LogP contribution in [0.25, 0.3) is 17.0 Å². The van der Waals surface area contributed by atoms with Crippen molar-refractivity contribution in [1.82, 2.24) is 14.9 Å². The van der Waals surface area contributed by atoms with Crippen LogP contribution in [0.15, 0.2) is 60.9 Å². The van der Waals surface area contributed by atoms with E-state index in [4.69, 9.17) is 9.47 Å². The molecule has 7 nitrogen and oxygen atoms in total. The summed E-state index contributed by atoms with van der Waals surface area (Å²) < 4.78 is 52.6. The van der Waals surface area contributed by atoms with Crippen molar-refractivity contribution in [2.75, 3.05) is 26.3 Å². The van der Waals surface area contributed by atoms with Crippen LogP contribution in [0.4, 0.5) is 13.2 Å². The molecule has 1 aliphatic heterocycles. The van der Waals surface area contributed by atoms with Crippen molar-refractivity contribution < 1.29 is 32.2 Å². The molecule has 0 aliphatic carbocycles. The van der Waals surface area contributed by atoms with Crippen LogP contribution in [0.5, 0.6) is 11.6 Å². The molecular weight excluding hydrogens is 439 g/mol. The van der Waals surface area contributed by atoms with E-state index in [1.165, 1.54) is 36.7 Å². The molecule has 0 bridgehead atoms. The lowest BCUT2D eigenvalue weighted by atomic mass is 10.2. The maximum absolute atomic E-state index is 12.6. The largest absolute Gasteiger partial charge is 0.573 e. The number of ether oxygens (including phenoxy) is 3. The van der Waals surface area contributed by atoms with Gasteiger partial charge in [0.15, 0.2) is 0 Å². The number of benzene rings is 2. The van der Waals surface area contributed by atoms with Crippen LogP contribution in [0.2, 0.25) is 0 Å². The van der Waals surface area contributed by atoms with Crippen LogP contribution >= 0.6 is 0 Å². The van der Waals surface area contributed by atoms with Gasteiger partial charge in [0, 0.05) is 12.6 Å². The molecule has 0 N–H and O–H groups in total. The van der Waals surface area contributed by atoms with Crippen molar-refractivity contribution in [2.45, 2.75) is 12.5 Å². The van der Waals surface area contributed by atoms with Gasteiger partial charge in [0.1, 0.15) is 24.8 Å². The molecule has 1 aromatic heterocycles. The van der Waals surface area contributed by atoms with Gasteiger partial charge in [-0.05, 0) is 35.9 Å². The molecule has 33 heavy (non-hydrogen) atoms. The lowest BCUT2D eigenvalue weighted by molar-refractivity contribution is -0.274. The first-order chi connectivity index (χ1) is 15.9. The summed E-state index contributed by atoms with van der Waals surface area (Å²) in [5.41, 5.74) is 1.17. The lowest BCUT2D eigenvalue weighted by Crippen LogP contribution is -2.47. The van der Waals surface area contributed by atoms with Gasteiger partial charge in [0.2, 0.25) is 11.8 Å². The zero-order valence-electron chi connectivity index (χ0n) is 17.4. The summed E-state index contributed by atoms with van der Waals surface area (Å²) in [5.74, 6) is -0.190. The minimum absolute atomic E-state index is 0.200. The van der Waals surface area contributed by atoms with E-state index in [1.54, 1.807) is 11.0 Å². The van der Waals surface area contributed by atoms with E-state index in [9.17, 15) is 18.0 Å². The molecule has 1 fully saturated rings. The third-order valence-corrected chi connectivity index (χ3v) is 4.87. The Kier molecular flexibility index (Phi) is 6.74. The van der Waals surface area contributed by atoms with Gasteiger partial charge in [0.25, 0.3) is 0 Å². The molecule has 1 aliphatic rings. The van der Waals surface area contributed by atoms with E-state index < -0.39 is 6.36 Å². The summed E-state index contributed by atoms with van der Waals surface area (Å²) in [6, 6.07) is 12.9. The predicted octanol–water partition coefficient (Wildman–Crippen LogP) is 3.85. The minimum atomic E-state index is -4.78. The molecule has 1 atom stereocenters. The summed E-state index contributed by atoms with van der Waals surface area (Å²) in [5, 5.41) is 0.781. The number of rotatable bonds is 6. The Bertz CT molecular complexity index is 1150. The number of para-hydroxylation sites is 1. The number of nitrogens with zero attached hydrogens (tertiary/aromatic N) is 3. The van der Waals surface area contributed by atoms with E-state index in [0.29, 0.717) is 31.1 Å². The maximum atomic E-state index is 12.6.